The fraction of sp³-hybridized carbons (Fsp3) is 0.500. The lowest BCUT2D eigenvalue weighted by molar-refractivity contribution is -0.120. The Morgan fingerprint density at radius 2 is 2.33 bits per heavy atom. The van der Waals surface area contributed by atoms with Crippen molar-refractivity contribution in [1.29, 1.82) is 0 Å². The van der Waals surface area contributed by atoms with Crippen molar-refractivity contribution in [2.75, 3.05) is 13.6 Å². The lowest BCUT2D eigenvalue weighted by Crippen LogP contribution is -2.25. The number of aliphatic imine (C=N–C) groups is 1. The molecule has 0 aliphatic heterocycles. The molecule has 0 radical (unpaired) electrons. The number of nitrogens with two attached hydrogens (primary N) is 1. The van der Waals surface area contributed by atoms with Crippen LogP contribution in [0, 0.1) is 0 Å². The Kier molecular flexibility index (Phi) is 5.69. The van der Waals surface area contributed by atoms with Crippen LogP contribution in [0.2, 0.25) is 0 Å². The average molecular weight is 169 g/mol. The molecule has 0 fully saturated rings. The van der Waals surface area contributed by atoms with E-state index >= 15 is 0 Å². The molecule has 0 aliphatic rings. The zero-order valence-electron chi connectivity index (χ0n) is 7.50. The Morgan fingerprint density at radius 3 is 2.75 bits per heavy atom. The van der Waals surface area contributed by atoms with Crippen LogP contribution in [-0.4, -0.2) is 25.7 Å². The monoisotopic (exact) mass is 169 g/mol. The van der Waals surface area contributed by atoms with E-state index in [0.717, 1.165) is 5.57 Å². The molecule has 0 atom stereocenters. The van der Waals surface area contributed by atoms with E-state index in [1.807, 2.05) is 0 Å². The minimum atomic E-state index is 0.0128. The summed E-state index contributed by atoms with van der Waals surface area (Å²) in [6, 6.07) is 0. The van der Waals surface area contributed by atoms with E-state index in [4.69, 9.17) is 5.73 Å². The third kappa shape index (κ3) is 4.49. The molecule has 4 nitrogen and oxygen atoms in total. The molecule has 0 saturated heterocycles. The number of hydrogen-bond acceptors (Lipinski definition) is 3. The maximum Gasteiger partial charge on any atom is 0.219 e. The molecule has 0 rings (SSSR count). The molecule has 0 aromatic heterocycles. The second kappa shape index (κ2) is 6.39. The third-order valence-corrected chi connectivity index (χ3v) is 1.32. The van der Waals surface area contributed by atoms with Gasteiger partial charge in [-0.1, -0.05) is 6.92 Å². The summed E-state index contributed by atoms with van der Waals surface area (Å²) in [4.78, 5) is 14.6. The molecule has 1 amide bonds. The van der Waals surface area contributed by atoms with Crippen LogP contribution >= 0.6 is 0 Å². The molecular weight excluding hydrogens is 154 g/mol. The van der Waals surface area contributed by atoms with E-state index in [1.54, 1.807) is 20.2 Å². The minimum absolute atomic E-state index is 0.0128. The Bertz CT molecular complexity index is 196. The van der Waals surface area contributed by atoms with Gasteiger partial charge in [-0.3, -0.25) is 9.79 Å². The number of rotatable bonds is 4. The van der Waals surface area contributed by atoms with Crippen molar-refractivity contribution in [3.8, 4) is 0 Å². The summed E-state index contributed by atoms with van der Waals surface area (Å²) >= 11 is 0. The maximum absolute atomic E-state index is 10.8. The van der Waals surface area contributed by atoms with Gasteiger partial charge in [0.05, 0.1) is 0 Å². The Hall–Kier alpha value is -1.32. The van der Waals surface area contributed by atoms with Gasteiger partial charge in [0.1, 0.15) is 0 Å². The molecule has 3 N–H and O–H groups in total. The molecule has 0 unspecified atom stereocenters. The van der Waals surface area contributed by atoms with Gasteiger partial charge in [-0.05, 0) is 0 Å². The first-order chi connectivity index (χ1) is 5.74. The number of amides is 1. The van der Waals surface area contributed by atoms with Crippen molar-refractivity contribution < 1.29 is 4.79 Å². The lowest BCUT2D eigenvalue weighted by Gasteiger charge is -2.02. The van der Waals surface area contributed by atoms with Crippen molar-refractivity contribution >= 4 is 12.1 Å². The van der Waals surface area contributed by atoms with Gasteiger partial charge in [0, 0.05) is 38.0 Å². The summed E-state index contributed by atoms with van der Waals surface area (Å²) < 4.78 is 0. The molecule has 0 bridgehead atoms. The second-order valence-electron chi connectivity index (χ2n) is 2.26. The molecular formula is C8H15N3O. The van der Waals surface area contributed by atoms with E-state index in [-0.39, 0.29) is 5.91 Å². The molecule has 0 saturated carbocycles. The van der Waals surface area contributed by atoms with Gasteiger partial charge in [-0.2, -0.15) is 0 Å². The molecule has 4 heteroatoms. The zero-order chi connectivity index (χ0) is 9.40. The summed E-state index contributed by atoms with van der Waals surface area (Å²) in [6.45, 7) is 2.25. The summed E-state index contributed by atoms with van der Waals surface area (Å²) in [5.41, 5.74) is 6.09. The van der Waals surface area contributed by atoms with Crippen LogP contribution in [-0.2, 0) is 4.79 Å². The van der Waals surface area contributed by atoms with Crippen LogP contribution in [0.15, 0.2) is 16.8 Å². The predicted molar refractivity (Wildman–Crippen MR) is 50.0 cm³/mol. The largest absolute Gasteiger partial charge is 0.404 e. The smallest absolute Gasteiger partial charge is 0.219 e. The Labute approximate surface area is 72.6 Å². The number of nitrogens with zero attached hydrogens (tertiary/aromatic N) is 1. The highest BCUT2D eigenvalue weighted by Crippen LogP contribution is 1.85. The summed E-state index contributed by atoms with van der Waals surface area (Å²) in [5, 5.41) is 2.69. The fourth-order valence-corrected chi connectivity index (χ4v) is 0.639. The molecule has 0 aliphatic carbocycles. The molecule has 68 valence electrons. The summed E-state index contributed by atoms with van der Waals surface area (Å²) in [5.74, 6) is 0.0128. The summed E-state index contributed by atoms with van der Waals surface area (Å²) in [7, 11) is 1.66. The first-order valence-electron chi connectivity index (χ1n) is 3.84. The highest BCUT2D eigenvalue weighted by Gasteiger charge is 1.96. The van der Waals surface area contributed by atoms with E-state index in [2.05, 4.69) is 10.3 Å². The highest BCUT2D eigenvalue weighted by atomic mass is 16.1. The van der Waals surface area contributed by atoms with Gasteiger partial charge in [0.15, 0.2) is 0 Å². The second-order valence-corrected chi connectivity index (χ2v) is 2.26. The minimum Gasteiger partial charge on any atom is -0.404 e. The van der Waals surface area contributed by atoms with E-state index in [9.17, 15) is 4.79 Å². The van der Waals surface area contributed by atoms with Crippen molar-refractivity contribution in [1.82, 2.24) is 5.32 Å². The first-order valence-corrected chi connectivity index (χ1v) is 3.84. The first kappa shape index (κ1) is 10.7. The van der Waals surface area contributed by atoms with E-state index < -0.39 is 0 Å². The van der Waals surface area contributed by atoms with Crippen LogP contribution in [0.1, 0.15) is 13.3 Å². The number of nitrogens with one attached hydrogen (secondary N) is 1. The number of carbonyl (C=O) groups excluding carboxylic acids is 1. The standard InChI is InChI=1S/C8H15N3O/c1-3-8(12)11-6-7(4-9)5-10-2/h4-5H,3,6,9H2,1-2H3,(H,11,12). The number of carbonyl (C=O) groups is 1. The van der Waals surface area contributed by atoms with Gasteiger partial charge in [-0.25, -0.2) is 0 Å². The van der Waals surface area contributed by atoms with Crippen LogP contribution < -0.4 is 11.1 Å². The normalized spacial score (nSPS) is 12.0. The lowest BCUT2D eigenvalue weighted by atomic mass is 10.3. The van der Waals surface area contributed by atoms with Gasteiger partial charge in [-0.15, -0.1) is 0 Å². The van der Waals surface area contributed by atoms with E-state index in [1.165, 1.54) is 6.20 Å². The Morgan fingerprint density at radius 1 is 1.67 bits per heavy atom. The van der Waals surface area contributed by atoms with Gasteiger partial charge in [0.2, 0.25) is 5.91 Å². The number of hydrogen-bond donors (Lipinski definition) is 2. The molecule has 0 aromatic rings. The summed E-state index contributed by atoms with van der Waals surface area (Å²) in [6.07, 6.45) is 3.54. The van der Waals surface area contributed by atoms with Gasteiger partial charge >= 0.3 is 0 Å². The van der Waals surface area contributed by atoms with Crippen LogP contribution in [0.5, 0.6) is 0 Å². The van der Waals surface area contributed by atoms with Crippen LogP contribution in [0.4, 0.5) is 0 Å². The predicted octanol–water partition coefficient (Wildman–Crippen LogP) is 0.0558. The topological polar surface area (TPSA) is 67.5 Å². The molecule has 0 aromatic carbocycles. The van der Waals surface area contributed by atoms with Crippen molar-refractivity contribution in [2.45, 2.75) is 13.3 Å². The quantitative estimate of drug-likeness (QED) is 0.584. The van der Waals surface area contributed by atoms with Crippen molar-refractivity contribution in [3.63, 3.8) is 0 Å². The SMILES string of the molecule is CCC(=O)NCC(C=NC)=CN. The van der Waals surface area contributed by atoms with E-state index in [0.29, 0.717) is 13.0 Å². The Balaban J connectivity index is 3.82. The van der Waals surface area contributed by atoms with Gasteiger partial charge in [0.25, 0.3) is 0 Å². The average Bonchev–Trinajstić information content (AvgIpc) is 2.11. The van der Waals surface area contributed by atoms with Crippen LogP contribution in [0.3, 0.4) is 0 Å². The molecule has 0 heterocycles. The maximum atomic E-state index is 10.8. The van der Waals surface area contributed by atoms with Crippen LogP contribution in [0.25, 0.3) is 0 Å². The van der Waals surface area contributed by atoms with Gasteiger partial charge < -0.3 is 11.1 Å². The molecule has 0 spiro atoms. The zero-order valence-corrected chi connectivity index (χ0v) is 7.50. The van der Waals surface area contributed by atoms with Crippen molar-refractivity contribution in [2.24, 2.45) is 10.7 Å². The highest BCUT2D eigenvalue weighted by molar-refractivity contribution is 5.81. The third-order valence-electron chi connectivity index (χ3n) is 1.32. The van der Waals surface area contributed by atoms with Crippen molar-refractivity contribution in [3.05, 3.63) is 11.8 Å². The molecule has 12 heavy (non-hydrogen) atoms. The fourth-order valence-electron chi connectivity index (χ4n) is 0.639.